The van der Waals surface area contributed by atoms with Gasteiger partial charge in [0.15, 0.2) is 0 Å². The van der Waals surface area contributed by atoms with E-state index in [4.69, 9.17) is 15.4 Å². The lowest BCUT2D eigenvalue weighted by Gasteiger charge is -2.41. The maximum absolute atomic E-state index is 13.8. The average Bonchev–Trinajstić information content (AvgIpc) is 2.76. The van der Waals surface area contributed by atoms with Gasteiger partial charge in [-0.2, -0.15) is 0 Å². The van der Waals surface area contributed by atoms with Gasteiger partial charge in [-0.15, -0.1) is 0 Å². The first-order chi connectivity index (χ1) is 15.1. The number of carbonyl (C=O) groups is 1. The second-order valence-electron chi connectivity index (χ2n) is 7.82. The molecule has 0 aliphatic carbocycles. The number of aliphatic hydroxyl groups excluding tert-OH is 1. The number of ether oxygens (including phenoxy) is 1. The molecule has 0 radical (unpaired) electrons. The van der Waals surface area contributed by atoms with E-state index in [0.717, 1.165) is 11.4 Å². The van der Waals surface area contributed by atoms with Gasteiger partial charge in [0.2, 0.25) is 0 Å². The molecule has 0 amide bonds. The SMILES string of the molecule is Cc1ccc(S(=O)(=O)Cl)c(C)c1OC(=O)C1(CO)c2ccccc2N(C)c2ccccc21. The standard InChI is InChI=1S/C24H22ClNO5S/c1-15-12-13-21(32(25,29)30)16(2)22(15)31-23(28)24(14-27)17-8-4-6-10-19(17)26(3)20-11-7-5-9-18(20)24/h4-13,27H,14H2,1-3H3. The van der Waals surface area contributed by atoms with Crippen molar-refractivity contribution in [2.75, 3.05) is 18.6 Å². The summed E-state index contributed by atoms with van der Waals surface area (Å²) >= 11 is 0. The van der Waals surface area contributed by atoms with Gasteiger partial charge in [-0.05, 0) is 48.7 Å². The van der Waals surface area contributed by atoms with Crippen LogP contribution in [0, 0.1) is 13.8 Å². The van der Waals surface area contributed by atoms with E-state index in [1.807, 2.05) is 36.2 Å². The maximum Gasteiger partial charge on any atom is 0.329 e. The number of fused-ring (bicyclic) bond motifs is 2. The van der Waals surface area contributed by atoms with Gasteiger partial charge in [-0.1, -0.05) is 42.5 Å². The van der Waals surface area contributed by atoms with Crippen LogP contribution in [0.2, 0.25) is 0 Å². The van der Waals surface area contributed by atoms with Gasteiger partial charge < -0.3 is 14.7 Å². The highest BCUT2D eigenvalue weighted by molar-refractivity contribution is 8.13. The van der Waals surface area contributed by atoms with E-state index in [-0.39, 0.29) is 16.2 Å². The number of para-hydroxylation sites is 2. The van der Waals surface area contributed by atoms with E-state index >= 15 is 0 Å². The number of anilines is 2. The van der Waals surface area contributed by atoms with E-state index < -0.39 is 27.0 Å². The number of hydrogen-bond donors (Lipinski definition) is 1. The van der Waals surface area contributed by atoms with Crippen molar-refractivity contribution in [1.29, 1.82) is 0 Å². The Kier molecular flexibility index (Phi) is 5.53. The summed E-state index contributed by atoms with van der Waals surface area (Å²) < 4.78 is 29.8. The molecule has 0 saturated heterocycles. The third-order valence-electron chi connectivity index (χ3n) is 6.05. The highest BCUT2D eigenvalue weighted by Gasteiger charge is 2.50. The van der Waals surface area contributed by atoms with Crippen molar-refractivity contribution in [2.24, 2.45) is 0 Å². The molecule has 3 aromatic carbocycles. The average molecular weight is 472 g/mol. The van der Waals surface area contributed by atoms with E-state index in [1.54, 1.807) is 31.2 Å². The molecule has 0 fully saturated rings. The summed E-state index contributed by atoms with van der Waals surface area (Å²) in [5.74, 6) is -0.596. The van der Waals surface area contributed by atoms with Gasteiger partial charge in [0.1, 0.15) is 11.2 Å². The highest BCUT2D eigenvalue weighted by Crippen LogP contribution is 2.49. The molecule has 0 bridgehead atoms. The van der Waals surface area contributed by atoms with Gasteiger partial charge in [-0.3, -0.25) is 4.79 Å². The van der Waals surface area contributed by atoms with Crippen LogP contribution in [0.1, 0.15) is 22.3 Å². The van der Waals surface area contributed by atoms with Crippen LogP contribution in [0.15, 0.2) is 65.6 Å². The highest BCUT2D eigenvalue weighted by atomic mass is 35.7. The summed E-state index contributed by atoms with van der Waals surface area (Å²) in [7, 11) is 3.43. The van der Waals surface area contributed by atoms with Gasteiger partial charge in [0.25, 0.3) is 9.05 Å². The predicted octanol–water partition coefficient (Wildman–Crippen LogP) is 4.20. The molecule has 1 aliphatic rings. The Hall–Kier alpha value is -2.87. The Morgan fingerprint density at radius 3 is 2.03 bits per heavy atom. The molecule has 1 N–H and O–H groups in total. The van der Waals surface area contributed by atoms with Crippen molar-refractivity contribution in [1.82, 2.24) is 0 Å². The van der Waals surface area contributed by atoms with E-state index in [9.17, 15) is 18.3 Å². The first kappa shape index (κ1) is 22.3. The second-order valence-corrected chi connectivity index (χ2v) is 10.4. The molecular weight excluding hydrogens is 450 g/mol. The molecule has 166 valence electrons. The lowest BCUT2D eigenvalue weighted by molar-refractivity contribution is -0.140. The van der Waals surface area contributed by atoms with Gasteiger partial charge in [-0.25, -0.2) is 8.42 Å². The maximum atomic E-state index is 13.8. The zero-order valence-electron chi connectivity index (χ0n) is 17.8. The third kappa shape index (κ3) is 3.28. The number of rotatable bonds is 4. The first-order valence-corrected chi connectivity index (χ1v) is 12.2. The zero-order chi connectivity index (χ0) is 23.3. The van der Waals surface area contributed by atoms with Crippen LogP contribution < -0.4 is 9.64 Å². The van der Waals surface area contributed by atoms with Crippen molar-refractivity contribution >= 4 is 37.1 Å². The van der Waals surface area contributed by atoms with E-state index in [0.29, 0.717) is 16.7 Å². The summed E-state index contributed by atoms with van der Waals surface area (Å²) in [5.41, 5.74) is 2.05. The number of benzene rings is 3. The van der Waals surface area contributed by atoms with Crippen molar-refractivity contribution in [3.63, 3.8) is 0 Å². The van der Waals surface area contributed by atoms with E-state index in [2.05, 4.69) is 0 Å². The monoisotopic (exact) mass is 471 g/mol. The fourth-order valence-electron chi connectivity index (χ4n) is 4.39. The second kappa shape index (κ2) is 7.92. The molecule has 1 heterocycles. The summed E-state index contributed by atoms with van der Waals surface area (Å²) in [6, 6.07) is 17.6. The third-order valence-corrected chi connectivity index (χ3v) is 7.51. The number of halogens is 1. The molecule has 0 aromatic heterocycles. The van der Waals surface area contributed by atoms with Crippen molar-refractivity contribution in [2.45, 2.75) is 24.2 Å². The molecule has 0 saturated carbocycles. The smallest absolute Gasteiger partial charge is 0.329 e. The predicted molar refractivity (Wildman–Crippen MR) is 123 cm³/mol. The lowest BCUT2D eigenvalue weighted by Crippen LogP contribution is -2.47. The van der Waals surface area contributed by atoms with Gasteiger partial charge >= 0.3 is 5.97 Å². The Bertz CT molecular complexity index is 1290. The van der Waals surface area contributed by atoms with Gasteiger partial charge in [0, 0.05) is 34.7 Å². The minimum Gasteiger partial charge on any atom is -0.425 e. The van der Waals surface area contributed by atoms with Crippen molar-refractivity contribution < 1.29 is 23.1 Å². The topological polar surface area (TPSA) is 83.9 Å². The summed E-state index contributed by atoms with van der Waals surface area (Å²) in [6.07, 6.45) is 0. The van der Waals surface area contributed by atoms with Crippen molar-refractivity contribution in [3.8, 4) is 5.75 Å². The molecule has 3 aromatic rings. The Balaban J connectivity index is 1.92. The molecule has 1 aliphatic heterocycles. The van der Waals surface area contributed by atoms with E-state index in [1.165, 1.54) is 19.1 Å². The molecular formula is C24H22ClNO5S. The van der Waals surface area contributed by atoms with Crippen LogP contribution in [-0.4, -0.2) is 33.1 Å². The molecule has 0 atom stereocenters. The lowest BCUT2D eigenvalue weighted by atomic mass is 9.71. The molecule has 4 rings (SSSR count). The zero-order valence-corrected chi connectivity index (χ0v) is 19.4. The number of aryl methyl sites for hydroxylation is 1. The number of aliphatic hydroxyl groups is 1. The Morgan fingerprint density at radius 1 is 1.00 bits per heavy atom. The first-order valence-electron chi connectivity index (χ1n) is 9.93. The fourth-order valence-corrected chi connectivity index (χ4v) is 5.58. The minimum absolute atomic E-state index is 0.110. The Morgan fingerprint density at radius 2 is 1.53 bits per heavy atom. The van der Waals surface area contributed by atoms with Gasteiger partial charge in [0.05, 0.1) is 11.5 Å². The van der Waals surface area contributed by atoms with Crippen LogP contribution >= 0.6 is 10.7 Å². The van der Waals surface area contributed by atoms with Crippen LogP contribution in [0.3, 0.4) is 0 Å². The minimum atomic E-state index is -4.03. The quantitative estimate of drug-likeness (QED) is 0.349. The van der Waals surface area contributed by atoms with Crippen LogP contribution in [0.4, 0.5) is 11.4 Å². The normalized spacial score (nSPS) is 14.5. The fraction of sp³-hybridized carbons (Fsp3) is 0.208. The number of nitrogens with zero attached hydrogens (tertiary/aromatic N) is 1. The summed E-state index contributed by atoms with van der Waals surface area (Å²) in [5, 5.41) is 10.7. The summed E-state index contributed by atoms with van der Waals surface area (Å²) in [4.78, 5) is 15.7. The van der Waals surface area contributed by atoms with Crippen LogP contribution in [-0.2, 0) is 19.3 Å². The molecule has 6 nitrogen and oxygen atoms in total. The number of carbonyl (C=O) groups excluding carboxylic acids is 1. The number of esters is 1. The number of hydrogen-bond acceptors (Lipinski definition) is 6. The summed E-state index contributed by atoms with van der Waals surface area (Å²) in [6.45, 7) is 2.72. The molecule has 8 heteroatoms. The molecule has 0 unspecified atom stereocenters. The largest absolute Gasteiger partial charge is 0.425 e. The van der Waals surface area contributed by atoms with Crippen molar-refractivity contribution in [3.05, 3.63) is 82.9 Å². The molecule has 32 heavy (non-hydrogen) atoms. The Labute approximate surface area is 191 Å². The van der Waals surface area contributed by atoms with Crippen LogP contribution in [0.25, 0.3) is 0 Å². The van der Waals surface area contributed by atoms with Crippen LogP contribution in [0.5, 0.6) is 5.75 Å². The molecule has 0 spiro atoms.